The molecule has 0 heterocycles. The zero-order valence-electron chi connectivity index (χ0n) is 11.7. The summed E-state index contributed by atoms with van der Waals surface area (Å²) in [7, 11) is -1.67. The lowest BCUT2D eigenvalue weighted by Gasteiger charge is -2.18. The van der Waals surface area contributed by atoms with Gasteiger partial charge in [-0.1, -0.05) is 19.9 Å². The summed E-state index contributed by atoms with van der Waals surface area (Å²) in [6.45, 7) is 6.47. The van der Waals surface area contributed by atoms with E-state index in [9.17, 15) is 8.42 Å². The van der Waals surface area contributed by atoms with Gasteiger partial charge in [0.2, 0.25) is 10.0 Å². The number of nitrogens with one attached hydrogen (secondary N) is 2. The molecule has 0 aliphatic rings. The molecule has 1 atom stereocenters. The van der Waals surface area contributed by atoms with Gasteiger partial charge in [0, 0.05) is 17.1 Å². The highest BCUT2D eigenvalue weighted by molar-refractivity contribution is 9.10. The molecule has 19 heavy (non-hydrogen) atoms. The molecule has 0 spiro atoms. The van der Waals surface area contributed by atoms with E-state index in [0.29, 0.717) is 11.0 Å². The van der Waals surface area contributed by atoms with E-state index in [1.54, 1.807) is 12.1 Å². The van der Waals surface area contributed by atoms with Gasteiger partial charge in [0.25, 0.3) is 0 Å². The zero-order chi connectivity index (χ0) is 14.6. The van der Waals surface area contributed by atoms with Crippen LogP contribution in [0, 0.1) is 5.92 Å². The minimum atomic E-state index is -3.50. The topological polar surface area (TPSA) is 58.2 Å². The summed E-state index contributed by atoms with van der Waals surface area (Å²) in [5.41, 5.74) is 0.934. The van der Waals surface area contributed by atoms with E-state index >= 15 is 0 Å². The molecule has 0 aliphatic carbocycles. The summed E-state index contributed by atoms with van der Waals surface area (Å²) >= 11 is 3.30. The molecule has 0 fully saturated rings. The second kappa shape index (κ2) is 6.83. The van der Waals surface area contributed by atoms with Gasteiger partial charge in [0.05, 0.1) is 4.90 Å². The Kier molecular flexibility index (Phi) is 5.98. The van der Waals surface area contributed by atoms with Gasteiger partial charge in [-0.25, -0.2) is 13.1 Å². The predicted molar refractivity (Wildman–Crippen MR) is 81.5 cm³/mol. The summed E-state index contributed by atoms with van der Waals surface area (Å²) in [5.74, 6) is 0.244. The lowest BCUT2D eigenvalue weighted by molar-refractivity contribution is 0.476. The molecule has 2 N–H and O–H groups in total. The van der Waals surface area contributed by atoms with E-state index in [2.05, 4.69) is 26.0 Å². The van der Waals surface area contributed by atoms with Crippen LogP contribution in [-0.2, 0) is 16.6 Å². The third kappa shape index (κ3) is 4.56. The SMILES string of the molecule is CNCc1ccc(Br)c(S(=O)(=O)NC(C)C(C)C)c1. The summed E-state index contributed by atoms with van der Waals surface area (Å²) in [5, 5.41) is 3.01. The van der Waals surface area contributed by atoms with Crippen molar-refractivity contribution in [3.05, 3.63) is 28.2 Å². The normalized spacial score (nSPS) is 13.8. The van der Waals surface area contributed by atoms with Crippen molar-refractivity contribution in [3.63, 3.8) is 0 Å². The van der Waals surface area contributed by atoms with Crippen LogP contribution in [0.4, 0.5) is 0 Å². The molecule has 1 rings (SSSR count). The van der Waals surface area contributed by atoms with Crippen LogP contribution in [0.3, 0.4) is 0 Å². The van der Waals surface area contributed by atoms with Crippen LogP contribution in [0.25, 0.3) is 0 Å². The first-order valence-electron chi connectivity index (χ1n) is 6.23. The van der Waals surface area contributed by atoms with Crippen molar-refractivity contribution in [2.75, 3.05) is 7.05 Å². The molecule has 1 aromatic carbocycles. The fraction of sp³-hybridized carbons (Fsp3) is 0.538. The summed E-state index contributed by atoms with van der Waals surface area (Å²) < 4.78 is 28.0. The van der Waals surface area contributed by atoms with E-state index in [1.165, 1.54) is 0 Å². The Morgan fingerprint density at radius 1 is 1.26 bits per heavy atom. The molecule has 0 radical (unpaired) electrons. The number of hydrogen-bond donors (Lipinski definition) is 2. The molecule has 4 nitrogen and oxygen atoms in total. The van der Waals surface area contributed by atoms with Crippen molar-refractivity contribution < 1.29 is 8.42 Å². The summed E-state index contributed by atoms with van der Waals surface area (Å²) in [6, 6.07) is 5.24. The first-order valence-corrected chi connectivity index (χ1v) is 8.51. The maximum Gasteiger partial charge on any atom is 0.241 e. The summed E-state index contributed by atoms with van der Waals surface area (Å²) in [4.78, 5) is 0.285. The molecule has 1 unspecified atom stereocenters. The van der Waals surface area contributed by atoms with Gasteiger partial charge in [0.15, 0.2) is 0 Å². The molecule has 6 heteroatoms. The molecule has 108 valence electrons. The quantitative estimate of drug-likeness (QED) is 0.830. The number of benzene rings is 1. The van der Waals surface area contributed by atoms with Crippen molar-refractivity contribution in [1.29, 1.82) is 0 Å². The Morgan fingerprint density at radius 3 is 2.42 bits per heavy atom. The van der Waals surface area contributed by atoms with Crippen LogP contribution in [0.5, 0.6) is 0 Å². The smallest absolute Gasteiger partial charge is 0.241 e. The lowest BCUT2D eigenvalue weighted by atomic mass is 10.1. The standard InChI is InChI=1S/C13H21BrN2O2S/c1-9(2)10(3)16-19(17,18)13-7-11(8-15-4)5-6-12(13)14/h5-7,9-10,15-16H,8H2,1-4H3. The highest BCUT2D eigenvalue weighted by atomic mass is 79.9. The average Bonchev–Trinajstić information content (AvgIpc) is 2.31. The van der Waals surface area contributed by atoms with E-state index < -0.39 is 10.0 Å². The van der Waals surface area contributed by atoms with E-state index in [1.807, 2.05) is 33.9 Å². The molecule has 0 saturated carbocycles. The largest absolute Gasteiger partial charge is 0.316 e. The van der Waals surface area contributed by atoms with Crippen molar-refractivity contribution in [2.45, 2.75) is 38.3 Å². The van der Waals surface area contributed by atoms with E-state index in [0.717, 1.165) is 5.56 Å². The van der Waals surface area contributed by atoms with E-state index in [-0.39, 0.29) is 16.9 Å². The minimum absolute atomic E-state index is 0.107. The number of rotatable bonds is 6. The van der Waals surface area contributed by atoms with Crippen molar-refractivity contribution in [1.82, 2.24) is 10.0 Å². The van der Waals surface area contributed by atoms with Crippen LogP contribution in [0.15, 0.2) is 27.6 Å². The minimum Gasteiger partial charge on any atom is -0.316 e. The van der Waals surface area contributed by atoms with Crippen LogP contribution >= 0.6 is 15.9 Å². The van der Waals surface area contributed by atoms with Crippen molar-refractivity contribution in [2.24, 2.45) is 5.92 Å². The first kappa shape index (κ1) is 16.6. The van der Waals surface area contributed by atoms with Gasteiger partial charge < -0.3 is 5.32 Å². The highest BCUT2D eigenvalue weighted by Gasteiger charge is 2.21. The average molecular weight is 349 g/mol. The van der Waals surface area contributed by atoms with Crippen molar-refractivity contribution >= 4 is 26.0 Å². The van der Waals surface area contributed by atoms with Gasteiger partial charge in [0.1, 0.15) is 0 Å². The second-order valence-electron chi connectivity index (χ2n) is 4.95. The second-order valence-corrected chi connectivity index (χ2v) is 7.49. The van der Waals surface area contributed by atoms with Gasteiger partial charge >= 0.3 is 0 Å². The van der Waals surface area contributed by atoms with Gasteiger partial charge in [-0.05, 0) is 53.5 Å². The number of hydrogen-bond acceptors (Lipinski definition) is 3. The number of sulfonamides is 1. The Balaban J connectivity index is 3.09. The lowest BCUT2D eigenvalue weighted by Crippen LogP contribution is -2.36. The van der Waals surface area contributed by atoms with Crippen LogP contribution in [-0.4, -0.2) is 21.5 Å². The molecule has 0 saturated heterocycles. The van der Waals surface area contributed by atoms with Gasteiger partial charge in [-0.2, -0.15) is 0 Å². The zero-order valence-corrected chi connectivity index (χ0v) is 14.1. The molecular weight excluding hydrogens is 328 g/mol. The molecule has 0 bridgehead atoms. The number of halogens is 1. The predicted octanol–water partition coefficient (Wildman–Crippen LogP) is 2.49. The van der Waals surface area contributed by atoms with Crippen molar-refractivity contribution in [3.8, 4) is 0 Å². The Bertz CT molecular complexity index is 529. The first-order chi connectivity index (χ1) is 8.77. The fourth-order valence-corrected chi connectivity index (χ4v) is 3.92. The van der Waals surface area contributed by atoms with Crippen LogP contribution in [0.1, 0.15) is 26.3 Å². The van der Waals surface area contributed by atoms with Gasteiger partial charge in [-0.15, -0.1) is 0 Å². The molecule has 0 aliphatic heterocycles. The van der Waals surface area contributed by atoms with Crippen LogP contribution < -0.4 is 10.0 Å². The molecule has 1 aromatic rings. The maximum absolute atomic E-state index is 12.4. The van der Waals surface area contributed by atoms with E-state index in [4.69, 9.17) is 0 Å². The van der Waals surface area contributed by atoms with Gasteiger partial charge in [-0.3, -0.25) is 0 Å². The third-order valence-corrected chi connectivity index (χ3v) is 5.56. The molecule has 0 amide bonds. The Hall–Kier alpha value is -0.430. The Labute approximate surface area is 124 Å². The molecule has 0 aromatic heterocycles. The summed E-state index contributed by atoms with van der Waals surface area (Å²) in [6.07, 6.45) is 0. The monoisotopic (exact) mass is 348 g/mol. The molecular formula is C13H21BrN2O2S. The van der Waals surface area contributed by atoms with Crippen LogP contribution in [0.2, 0.25) is 0 Å². The maximum atomic E-state index is 12.4. The fourth-order valence-electron chi connectivity index (χ4n) is 1.51. The highest BCUT2D eigenvalue weighted by Crippen LogP contribution is 2.24. The third-order valence-electron chi connectivity index (χ3n) is 3.01. The Morgan fingerprint density at radius 2 is 1.89 bits per heavy atom.